The summed E-state index contributed by atoms with van der Waals surface area (Å²) in [4.78, 5) is 18.2. The smallest absolute Gasteiger partial charge is 0.410 e. The topological polar surface area (TPSA) is 101 Å². The van der Waals surface area contributed by atoms with Gasteiger partial charge in [-0.05, 0) is 44.0 Å². The standard InChI is InChI=1S/C18H25FN4O3/c1-18(2,3)26-17(25)23-7-6-15(16(10-23)22-20)21-9-12-4-5-14(19)8-13(12)11-24/h4-5,8,24H,6-7,9-11,20H2,1-3H3. The highest BCUT2D eigenvalue weighted by molar-refractivity contribution is 6.43. The summed E-state index contributed by atoms with van der Waals surface area (Å²) in [7, 11) is 0. The van der Waals surface area contributed by atoms with Gasteiger partial charge in [0, 0.05) is 13.0 Å². The van der Waals surface area contributed by atoms with Crippen LogP contribution >= 0.6 is 0 Å². The fraction of sp³-hybridized carbons (Fsp3) is 0.500. The molecule has 0 radical (unpaired) electrons. The number of amides is 1. The fourth-order valence-corrected chi connectivity index (χ4v) is 2.58. The zero-order chi connectivity index (χ0) is 19.3. The summed E-state index contributed by atoms with van der Waals surface area (Å²) < 4.78 is 18.6. The zero-order valence-corrected chi connectivity index (χ0v) is 15.3. The first kappa shape index (κ1) is 19.8. The lowest BCUT2D eigenvalue weighted by atomic mass is 10.1. The van der Waals surface area contributed by atoms with Gasteiger partial charge in [0.05, 0.1) is 25.4 Å². The van der Waals surface area contributed by atoms with Crippen molar-refractivity contribution >= 4 is 17.5 Å². The van der Waals surface area contributed by atoms with E-state index < -0.39 is 17.5 Å². The number of ether oxygens (including phenoxy) is 1. The second-order valence-electron chi connectivity index (χ2n) is 7.06. The number of hydrogen-bond donors (Lipinski definition) is 2. The number of halogens is 1. The Morgan fingerprint density at radius 3 is 2.69 bits per heavy atom. The molecule has 0 saturated carbocycles. The second-order valence-corrected chi connectivity index (χ2v) is 7.06. The Labute approximate surface area is 152 Å². The summed E-state index contributed by atoms with van der Waals surface area (Å²) in [6.07, 6.45) is 0.0732. The highest BCUT2D eigenvalue weighted by atomic mass is 19.1. The van der Waals surface area contributed by atoms with Gasteiger partial charge in [-0.15, -0.1) is 0 Å². The molecular formula is C18H25FN4O3. The lowest BCUT2D eigenvalue weighted by molar-refractivity contribution is 0.0280. The van der Waals surface area contributed by atoms with E-state index in [1.54, 1.807) is 26.8 Å². The van der Waals surface area contributed by atoms with Crippen LogP contribution in [0.2, 0.25) is 0 Å². The maximum absolute atomic E-state index is 13.2. The van der Waals surface area contributed by atoms with Gasteiger partial charge in [0.25, 0.3) is 0 Å². The monoisotopic (exact) mass is 364 g/mol. The number of carbonyl (C=O) groups is 1. The number of rotatable bonds is 3. The third-order valence-electron chi connectivity index (χ3n) is 3.88. The highest BCUT2D eigenvalue weighted by Crippen LogP contribution is 2.16. The van der Waals surface area contributed by atoms with Gasteiger partial charge >= 0.3 is 6.09 Å². The first-order chi connectivity index (χ1) is 12.2. The second kappa shape index (κ2) is 8.27. The van der Waals surface area contributed by atoms with E-state index in [4.69, 9.17) is 10.6 Å². The molecule has 26 heavy (non-hydrogen) atoms. The number of nitrogens with two attached hydrogens (primary N) is 1. The normalized spacial score (nSPS) is 18.4. The Morgan fingerprint density at radius 1 is 1.35 bits per heavy atom. The van der Waals surface area contributed by atoms with Crippen molar-refractivity contribution in [2.75, 3.05) is 13.1 Å². The van der Waals surface area contributed by atoms with Gasteiger partial charge in [-0.1, -0.05) is 6.07 Å². The van der Waals surface area contributed by atoms with Crippen molar-refractivity contribution in [3.63, 3.8) is 0 Å². The molecule has 142 valence electrons. The number of hydrazone groups is 1. The predicted molar refractivity (Wildman–Crippen MR) is 97.5 cm³/mol. The van der Waals surface area contributed by atoms with E-state index >= 15 is 0 Å². The summed E-state index contributed by atoms with van der Waals surface area (Å²) in [5.74, 6) is 5.06. The van der Waals surface area contributed by atoms with Gasteiger partial charge in [0.1, 0.15) is 17.1 Å². The van der Waals surface area contributed by atoms with E-state index in [1.165, 1.54) is 17.0 Å². The number of piperidine rings is 1. The minimum absolute atomic E-state index is 0.223. The van der Waals surface area contributed by atoms with Crippen molar-refractivity contribution in [1.29, 1.82) is 0 Å². The van der Waals surface area contributed by atoms with Crippen molar-refractivity contribution in [1.82, 2.24) is 4.90 Å². The minimum Gasteiger partial charge on any atom is -0.444 e. The molecule has 1 aromatic carbocycles. The molecular weight excluding hydrogens is 339 g/mol. The molecule has 2 rings (SSSR count). The summed E-state index contributed by atoms with van der Waals surface area (Å²) in [6, 6.07) is 4.22. The quantitative estimate of drug-likeness (QED) is 0.634. The largest absolute Gasteiger partial charge is 0.444 e. The first-order valence-electron chi connectivity index (χ1n) is 8.40. The number of aliphatic hydroxyl groups is 1. The van der Waals surface area contributed by atoms with Crippen LogP contribution in [0.15, 0.2) is 28.3 Å². The van der Waals surface area contributed by atoms with Crippen LogP contribution in [0.4, 0.5) is 9.18 Å². The van der Waals surface area contributed by atoms with Crippen LogP contribution in [0.1, 0.15) is 38.3 Å². The number of hydrogen-bond acceptors (Lipinski definition) is 6. The van der Waals surface area contributed by atoms with Crippen LogP contribution < -0.4 is 5.84 Å². The molecule has 1 aliphatic heterocycles. The Balaban J connectivity index is 2.08. The summed E-state index contributed by atoms with van der Waals surface area (Å²) in [6.45, 7) is 6.10. The first-order valence-corrected chi connectivity index (χ1v) is 8.40. The number of likely N-dealkylation sites (tertiary alicyclic amines) is 1. The Kier molecular flexibility index (Phi) is 6.31. The van der Waals surface area contributed by atoms with Crippen molar-refractivity contribution < 1.29 is 19.0 Å². The third-order valence-corrected chi connectivity index (χ3v) is 3.88. The van der Waals surface area contributed by atoms with Crippen molar-refractivity contribution in [3.8, 4) is 0 Å². The summed E-state index contributed by atoms with van der Waals surface area (Å²) in [5.41, 5.74) is 1.85. The number of nitrogens with zero attached hydrogens (tertiary/aromatic N) is 3. The molecule has 3 N–H and O–H groups in total. The molecule has 0 atom stereocenters. The highest BCUT2D eigenvalue weighted by Gasteiger charge is 2.28. The van der Waals surface area contributed by atoms with E-state index in [9.17, 15) is 14.3 Å². The molecule has 1 saturated heterocycles. The molecule has 0 unspecified atom stereocenters. The maximum Gasteiger partial charge on any atom is 0.410 e. The minimum atomic E-state index is -0.575. The molecule has 1 fully saturated rings. The van der Waals surface area contributed by atoms with E-state index in [0.29, 0.717) is 30.0 Å². The van der Waals surface area contributed by atoms with Gasteiger partial charge in [0.2, 0.25) is 0 Å². The molecule has 0 aromatic heterocycles. The van der Waals surface area contributed by atoms with Gasteiger partial charge in [0.15, 0.2) is 0 Å². The lowest BCUT2D eigenvalue weighted by Crippen LogP contribution is -2.47. The molecule has 7 nitrogen and oxygen atoms in total. The molecule has 0 spiro atoms. The number of benzene rings is 1. The number of aliphatic hydroxyl groups excluding tert-OH is 1. The van der Waals surface area contributed by atoms with Crippen molar-refractivity contribution in [2.24, 2.45) is 15.9 Å². The lowest BCUT2D eigenvalue weighted by Gasteiger charge is -2.31. The molecule has 0 bridgehead atoms. The summed E-state index contributed by atoms with van der Waals surface area (Å²) >= 11 is 0. The average molecular weight is 364 g/mol. The van der Waals surface area contributed by atoms with E-state index in [2.05, 4.69) is 10.1 Å². The molecule has 1 aromatic rings. The van der Waals surface area contributed by atoms with Gasteiger partial charge in [-0.25, -0.2) is 9.18 Å². The van der Waals surface area contributed by atoms with Crippen LogP contribution in [0.25, 0.3) is 0 Å². The Bertz CT molecular complexity index is 726. The molecule has 8 heteroatoms. The van der Waals surface area contributed by atoms with Crippen LogP contribution in [0.5, 0.6) is 0 Å². The van der Waals surface area contributed by atoms with E-state index in [1.807, 2.05) is 0 Å². The van der Waals surface area contributed by atoms with Gasteiger partial charge in [-0.3, -0.25) is 4.99 Å². The molecule has 1 aliphatic rings. The maximum atomic E-state index is 13.2. The van der Waals surface area contributed by atoms with Crippen LogP contribution in [0.3, 0.4) is 0 Å². The Hall–Kier alpha value is -2.48. The van der Waals surface area contributed by atoms with E-state index in [0.717, 1.165) is 5.56 Å². The van der Waals surface area contributed by atoms with Crippen LogP contribution in [0, 0.1) is 5.82 Å². The third kappa shape index (κ3) is 5.26. The molecule has 0 aliphatic carbocycles. The zero-order valence-electron chi connectivity index (χ0n) is 15.3. The van der Waals surface area contributed by atoms with Crippen LogP contribution in [-0.2, 0) is 17.9 Å². The van der Waals surface area contributed by atoms with Gasteiger partial charge < -0.3 is 20.6 Å². The van der Waals surface area contributed by atoms with Crippen molar-refractivity contribution in [3.05, 3.63) is 35.1 Å². The number of carbonyl (C=O) groups excluding carboxylic acids is 1. The predicted octanol–water partition coefficient (Wildman–Crippen LogP) is 2.21. The van der Waals surface area contributed by atoms with Crippen LogP contribution in [-0.4, -0.2) is 46.2 Å². The van der Waals surface area contributed by atoms with E-state index in [-0.39, 0.29) is 19.7 Å². The van der Waals surface area contributed by atoms with Gasteiger partial charge in [-0.2, -0.15) is 5.10 Å². The molecule has 1 amide bonds. The average Bonchev–Trinajstić information content (AvgIpc) is 2.58. The SMILES string of the molecule is CC(C)(C)OC(=O)N1CCC(=NCc2ccc(F)cc2CO)C(=NN)C1. The fourth-order valence-electron chi connectivity index (χ4n) is 2.58. The number of aliphatic imine (C=N–C) groups is 1. The molecule has 1 heterocycles. The van der Waals surface area contributed by atoms with Crippen molar-refractivity contribution in [2.45, 2.75) is 45.9 Å². The summed E-state index contributed by atoms with van der Waals surface area (Å²) in [5, 5.41) is 13.1. The Morgan fingerprint density at radius 2 is 2.08 bits per heavy atom.